The van der Waals surface area contributed by atoms with Gasteiger partial charge >= 0.3 is 0 Å². The van der Waals surface area contributed by atoms with Gasteiger partial charge in [-0.15, -0.1) is 12.4 Å². The third-order valence-electron chi connectivity index (χ3n) is 3.36. The van der Waals surface area contributed by atoms with Crippen molar-refractivity contribution in [1.29, 1.82) is 0 Å². The number of halogens is 1. The highest BCUT2D eigenvalue weighted by atomic mass is 35.5. The van der Waals surface area contributed by atoms with Crippen LogP contribution in [0.15, 0.2) is 24.3 Å². The Kier molecular flexibility index (Phi) is 7.84. The Morgan fingerprint density at radius 1 is 1.20 bits per heavy atom. The summed E-state index contributed by atoms with van der Waals surface area (Å²) in [6, 6.07) is 8.05. The predicted molar refractivity (Wildman–Crippen MR) is 87.2 cm³/mol. The van der Waals surface area contributed by atoms with E-state index in [0.29, 0.717) is 6.54 Å². The first-order valence-corrected chi connectivity index (χ1v) is 6.95. The number of nitrogens with one attached hydrogen (secondary N) is 1. The van der Waals surface area contributed by atoms with Crippen LogP contribution in [-0.2, 0) is 17.6 Å². The van der Waals surface area contributed by atoms with E-state index in [9.17, 15) is 4.79 Å². The molecule has 1 rings (SSSR count). The van der Waals surface area contributed by atoms with Crippen molar-refractivity contribution < 1.29 is 4.79 Å². The molecule has 0 heterocycles. The zero-order chi connectivity index (χ0) is 14.5. The highest BCUT2D eigenvalue weighted by molar-refractivity contribution is 5.85. The number of rotatable bonds is 5. The molecule has 4 heteroatoms. The van der Waals surface area contributed by atoms with Crippen LogP contribution in [0.1, 0.15) is 38.8 Å². The van der Waals surface area contributed by atoms with E-state index < -0.39 is 6.04 Å². The summed E-state index contributed by atoms with van der Waals surface area (Å²) in [4.78, 5) is 11.8. The van der Waals surface area contributed by atoms with Crippen molar-refractivity contribution in [2.45, 2.75) is 46.6 Å². The molecule has 0 aromatic heterocycles. The van der Waals surface area contributed by atoms with E-state index in [1.165, 1.54) is 11.1 Å². The molecule has 0 aliphatic heterocycles. The van der Waals surface area contributed by atoms with Gasteiger partial charge in [-0.2, -0.15) is 0 Å². The first-order valence-electron chi connectivity index (χ1n) is 6.95. The van der Waals surface area contributed by atoms with Gasteiger partial charge in [-0.3, -0.25) is 4.79 Å². The lowest BCUT2D eigenvalue weighted by atomic mass is 9.87. The van der Waals surface area contributed by atoms with Crippen LogP contribution in [0.4, 0.5) is 0 Å². The van der Waals surface area contributed by atoms with Crippen molar-refractivity contribution >= 4 is 18.3 Å². The van der Waals surface area contributed by atoms with E-state index >= 15 is 0 Å². The van der Waals surface area contributed by atoms with E-state index in [-0.39, 0.29) is 23.7 Å². The average Bonchev–Trinajstić information content (AvgIpc) is 2.37. The molecule has 0 saturated carbocycles. The Morgan fingerprint density at radius 2 is 1.70 bits per heavy atom. The standard InChI is InChI=1S/C16H26N2O.ClH/c1-5-12-6-8-13(9-7-12)10-11-18-15(19)14(17)16(2,3)4;/h6-9,14H,5,10-11,17H2,1-4H3,(H,18,19);1H/t14-;/m1./s1. The molecule has 0 bridgehead atoms. The van der Waals surface area contributed by atoms with Crippen molar-refractivity contribution in [1.82, 2.24) is 5.32 Å². The molecule has 0 aliphatic carbocycles. The van der Waals surface area contributed by atoms with Crippen molar-refractivity contribution in [2.75, 3.05) is 6.54 Å². The smallest absolute Gasteiger partial charge is 0.237 e. The number of carbonyl (C=O) groups is 1. The van der Waals surface area contributed by atoms with Crippen molar-refractivity contribution in [3.8, 4) is 0 Å². The molecule has 0 saturated heterocycles. The van der Waals surface area contributed by atoms with Crippen LogP contribution in [-0.4, -0.2) is 18.5 Å². The first-order chi connectivity index (χ1) is 8.84. The third-order valence-corrected chi connectivity index (χ3v) is 3.36. The zero-order valence-corrected chi connectivity index (χ0v) is 13.7. The molecule has 1 atom stereocenters. The highest BCUT2D eigenvalue weighted by Gasteiger charge is 2.26. The first kappa shape index (κ1) is 18.9. The van der Waals surface area contributed by atoms with Gasteiger partial charge in [0.2, 0.25) is 5.91 Å². The number of hydrogen-bond donors (Lipinski definition) is 2. The van der Waals surface area contributed by atoms with Crippen LogP contribution in [0.3, 0.4) is 0 Å². The van der Waals surface area contributed by atoms with Crippen LogP contribution in [0.25, 0.3) is 0 Å². The molecule has 1 aromatic rings. The topological polar surface area (TPSA) is 55.1 Å². The maximum absolute atomic E-state index is 11.8. The quantitative estimate of drug-likeness (QED) is 0.878. The number of amides is 1. The molecule has 0 unspecified atom stereocenters. The molecule has 20 heavy (non-hydrogen) atoms. The molecule has 0 spiro atoms. The van der Waals surface area contributed by atoms with Crippen LogP contribution in [0.2, 0.25) is 0 Å². The fraction of sp³-hybridized carbons (Fsp3) is 0.562. The molecule has 0 fully saturated rings. The molecular formula is C16H27ClN2O. The third kappa shape index (κ3) is 5.93. The fourth-order valence-corrected chi connectivity index (χ4v) is 1.77. The molecule has 3 nitrogen and oxygen atoms in total. The van der Waals surface area contributed by atoms with Gasteiger partial charge in [0.1, 0.15) is 0 Å². The SMILES string of the molecule is CCc1ccc(CCNC(=O)[C@@H](N)C(C)(C)C)cc1.Cl. The highest BCUT2D eigenvalue weighted by Crippen LogP contribution is 2.17. The second kappa shape index (κ2) is 8.28. The summed E-state index contributed by atoms with van der Waals surface area (Å²) in [5, 5.41) is 2.90. The van der Waals surface area contributed by atoms with Gasteiger partial charge in [0.25, 0.3) is 0 Å². The zero-order valence-electron chi connectivity index (χ0n) is 12.9. The van der Waals surface area contributed by atoms with E-state index in [2.05, 4.69) is 36.5 Å². The van der Waals surface area contributed by atoms with Crippen molar-refractivity contribution in [2.24, 2.45) is 11.1 Å². The summed E-state index contributed by atoms with van der Waals surface area (Å²) >= 11 is 0. The second-order valence-corrected chi connectivity index (χ2v) is 6.05. The average molecular weight is 299 g/mol. The largest absolute Gasteiger partial charge is 0.354 e. The molecule has 1 amide bonds. The number of nitrogens with two attached hydrogens (primary N) is 1. The van der Waals surface area contributed by atoms with E-state index in [0.717, 1.165) is 12.8 Å². The minimum atomic E-state index is -0.463. The number of hydrogen-bond acceptors (Lipinski definition) is 2. The van der Waals surface area contributed by atoms with Gasteiger partial charge in [-0.1, -0.05) is 52.0 Å². The summed E-state index contributed by atoms with van der Waals surface area (Å²) in [5.41, 5.74) is 8.27. The van der Waals surface area contributed by atoms with Gasteiger partial charge in [-0.25, -0.2) is 0 Å². The predicted octanol–water partition coefficient (Wildman–Crippen LogP) is 2.70. The van der Waals surface area contributed by atoms with Crippen LogP contribution in [0, 0.1) is 5.41 Å². The minimum absolute atomic E-state index is 0. The van der Waals surface area contributed by atoms with Crippen LogP contribution < -0.4 is 11.1 Å². The monoisotopic (exact) mass is 298 g/mol. The summed E-state index contributed by atoms with van der Waals surface area (Å²) in [6.45, 7) is 8.69. The van der Waals surface area contributed by atoms with Gasteiger partial charge < -0.3 is 11.1 Å². The van der Waals surface area contributed by atoms with Gasteiger partial charge in [-0.05, 0) is 29.4 Å². The lowest BCUT2D eigenvalue weighted by molar-refractivity contribution is -0.124. The molecule has 3 N–H and O–H groups in total. The summed E-state index contributed by atoms with van der Waals surface area (Å²) in [5.74, 6) is -0.0716. The van der Waals surface area contributed by atoms with Gasteiger partial charge in [0.05, 0.1) is 6.04 Å². The Morgan fingerprint density at radius 3 is 2.15 bits per heavy atom. The molecule has 114 valence electrons. The van der Waals surface area contributed by atoms with Crippen molar-refractivity contribution in [3.63, 3.8) is 0 Å². The van der Waals surface area contributed by atoms with Gasteiger partial charge in [0.15, 0.2) is 0 Å². The second-order valence-electron chi connectivity index (χ2n) is 6.05. The number of aryl methyl sites for hydroxylation is 1. The lowest BCUT2D eigenvalue weighted by Gasteiger charge is -2.25. The summed E-state index contributed by atoms with van der Waals surface area (Å²) in [6.07, 6.45) is 1.89. The maximum Gasteiger partial charge on any atom is 0.237 e. The summed E-state index contributed by atoms with van der Waals surface area (Å²) in [7, 11) is 0. The van der Waals surface area contributed by atoms with Crippen molar-refractivity contribution in [3.05, 3.63) is 35.4 Å². The van der Waals surface area contributed by atoms with E-state index in [1.807, 2.05) is 20.8 Å². The summed E-state index contributed by atoms with van der Waals surface area (Å²) < 4.78 is 0. The van der Waals surface area contributed by atoms with E-state index in [1.54, 1.807) is 0 Å². The minimum Gasteiger partial charge on any atom is -0.354 e. The lowest BCUT2D eigenvalue weighted by Crippen LogP contribution is -2.48. The molecule has 0 aliphatic rings. The normalized spacial score (nSPS) is 12.4. The molecular weight excluding hydrogens is 272 g/mol. The Balaban J connectivity index is 0.00000361. The Labute approximate surface area is 128 Å². The maximum atomic E-state index is 11.8. The van der Waals surface area contributed by atoms with Crippen LogP contribution >= 0.6 is 12.4 Å². The molecule has 0 radical (unpaired) electrons. The van der Waals surface area contributed by atoms with Gasteiger partial charge in [0, 0.05) is 6.54 Å². The van der Waals surface area contributed by atoms with Crippen LogP contribution in [0.5, 0.6) is 0 Å². The fourth-order valence-electron chi connectivity index (χ4n) is 1.77. The number of carbonyl (C=O) groups excluding carboxylic acids is 1. The number of benzene rings is 1. The Hall–Kier alpha value is -1.06. The molecule has 1 aromatic carbocycles. The van der Waals surface area contributed by atoms with E-state index in [4.69, 9.17) is 5.73 Å². The Bertz CT molecular complexity index is 409.